The van der Waals surface area contributed by atoms with Crippen molar-refractivity contribution in [3.8, 4) is 11.3 Å². The van der Waals surface area contributed by atoms with Gasteiger partial charge in [-0.1, -0.05) is 59.8 Å². The molecule has 0 bridgehead atoms. The maximum atomic E-state index is 13.9. The highest BCUT2D eigenvalue weighted by atomic mass is 35.5. The number of hydrogen-bond acceptors (Lipinski definition) is 4. The van der Waals surface area contributed by atoms with Gasteiger partial charge in [-0.2, -0.15) is 0 Å². The molecule has 4 rings (SSSR count). The molecule has 0 radical (unpaired) electrons. The standard InChI is InChI=1S/C17H11ClFN3S2/c18-13-7-4-8-14(19)12(13)9-23-16-20-21-17-22(16)15(10-24-17)11-5-2-1-3-6-11/h1-8,10H,9H2. The zero-order valence-electron chi connectivity index (χ0n) is 12.3. The summed E-state index contributed by atoms with van der Waals surface area (Å²) in [7, 11) is 0. The molecule has 0 N–H and O–H groups in total. The van der Waals surface area contributed by atoms with Gasteiger partial charge in [0.2, 0.25) is 4.96 Å². The van der Waals surface area contributed by atoms with Crippen molar-refractivity contribution in [1.82, 2.24) is 14.6 Å². The molecule has 0 aliphatic carbocycles. The molecule has 0 aliphatic rings. The van der Waals surface area contributed by atoms with Crippen LogP contribution in [0.15, 0.2) is 59.1 Å². The Labute approximate surface area is 151 Å². The van der Waals surface area contributed by atoms with Crippen molar-refractivity contribution in [2.45, 2.75) is 10.9 Å². The van der Waals surface area contributed by atoms with Crippen molar-refractivity contribution in [2.24, 2.45) is 0 Å². The van der Waals surface area contributed by atoms with E-state index in [1.807, 2.05) is 34.7 Å². The third kappa shape index (κ3) is 2.81. The minimum absolute atomic E-state index is 0.302. The summed E-state index contributed by atoms with van der Waals surface area (Å²) in [5, 5.41) is 11.7. The van der Waals surface area contributed by atoms with E-state index in [9.17, 15) is 4.39 Å². The number of halogens is 2. The van der Waals surface area contributed by atoms with Gasteiger partial charge in [0.1, 0.15) is 5.82 Å². The molecule has 3 nitrogen and oxygen atoms in total. The number of thioether (sulfide) groups is 1. The molecule has 0 unspecified atom stereocenters. The topological polar surface area (TPSA) is 30.2 Å². The summed E-state index contributed by atoms with van der Waals surface area (Å²) in [6.45, 7) is 0. The van der Waals surface area contributed by atoms with Crippen LogP contribution in [0.3, 0.4) is 0 Å². The molecular formula is C17H11ClFN3S2. The molecule has 2 heterocycles. The van der Waals surface area contributed by atoms with Gasteiger partial charge in [0.15, 0.2) is 5.16 Å². The number of fused-ring (bicyclic) bond motifs is 1. The van der Waals surface area contributed by atoms with Crippen molar-refractivity contribution >= 4 is 39.7 Å². The van der Waals surface area contributed by atoms with E-state index in [0.29, 0.717) is 16.3 Å². The molecule has 7 heteroatoms. The Bertz CT molecular complexity index is 977. The quantitative estimate of drug-likeness (QED) is 0.438. The number of hydrogen-bond donors (Lipinski definition) is 0. The monoisotopic (exact) mass is 375 g/mol. The highest BCUT2D eigenvalue weighted by Gasteiger charge is 2.15. The number of thiazole rings is 1. The fourth-order valence-corrected chi connectivity index (χ4v) is 4.59. The van der Waals surface area contributed by atoms with Crippen LogP contribution in [0.2, 0.25) is 5.02 Å². The highest BCUT2D eigenvalue weighted by molar-refractivity contribution is 7.98. The summed E-state index contributed by atoms with van der Waals surface area (Å²) in [5.74, 6) is 0.0977. The van der Waals surface area contributed by atoms with Crippen LogP contribution in [0, 0.1) is 5.82 Å². The van der Waals surface area contributed by atoms with Gasteiger partial charge in [-0.15, -0.1) is 21.5 Å². The average Bonchev–Trinajstić information content (AvgIpc) is 3.18. The average molecular weight is 376 g/mol. The molecule has 2 aromatic heterocycles. The second-order valence-electron chi connectivity index (χ2n) is 5.08. The lowest BCUT2D eigenvalue weighted by Gasteiger charge is -2.05. The Kier molecular flexibility index (Phi) is 4.26. The largest absolute Gasteiger partial charge is 0.260 e. The predicted octanol–water partition coefficient (Wildman–Crippen LogP) is 5.54. The zero-order chi connectivity index (χ0) is 16.5. The first kappa shape index (κ1) is 15.6. The Hall–Kier alpha value is -1.89. The zero-order valence-corrected chi connectivity index (χ0v) is 14.7. The van der Waals surface area contributed by atoms with Crippen LogP contribution < -0.4 is 0 Å². The first-order chi connectivity index (χ1) is 11.7. The third-order valence-corrected chi connectivity index (χ3v) is 5.72. The fourth-order valence-electron chi connectivity index (χ4n) is 2.41. The van der Waals surface area contributed by atoms with Crippen LogP contribution in [0.5, 0.6) is 0 Å². The van der Waals surface area contributed by atoms with E-state index < -0.39 is 0 Å². The molecule has 2 aromatic carbocycles. The molecule has 0 aliphatic heterocycles. The van der Waals surface area contributed by atoms with Crippen LogP contribution in [0.4, 0.5) is 4.39 Å². The van der Waals surface area contributed by atoms with E-state index >= 15 is 0 Å². The van der Waals surface area contributed by atoms with Gasteiger partial charge >= 0.3 is 0 Å². The number of aromatic nitrogens is 3. The van der Waals surface area contributed by atoms with E-state index in [0.717, 1.165) is 21.4 Å². The van der Waals surface area contributed by atoms with Gasteiger partial charge in [-0.05, 0) is 17.7 Å². The Morgan fingerprint density at radius 1 is 1.08 bits per heavy atom. The molecule has 4 aromatic rings. The van der Waals surface area contributed by atoms with E-state index in [4.69, 9.17) is 11.6 Å². The smallest absolute Gasteiger partial charge is 0.217 e. The number of benzene rings is 2. The highest BCUT2D eigenvalue weighted by Crippen LogP contribution is 2.32. The number of rotatable bonds is 4. The second kappa shape index (κ2) is 6.55. The summed E-state index contributed by atoms with van der Waals surface area (Å²) >= 11 is 9.06. The van der Waals surface area contributed by atoms with Crippen LogP contribution in [0.1, 0.15) is 5.56 Å². The van der Waals surface area contributed by atoms with Crippen molar-refractivity contribution < 1.29 is 4.39 Å². The Morgan fingerprint density at radius 3 is 2.71 bits per heavy atom. The van der Waals surface area contributed by atoms with Gasteiger partial charge in [0.25, 0.3) is 0 Å². The molecule has 24 heavy (non-hydrogen) atoms. The predicted molar refractivity (Wildman–Crippen MR) is 97.3 cm³/mol. The van der Waals surface area contributed by atoms with Gasteiger partial charge in [-0.3, -0.25) is 4.40 Å². The van der Waals surface area contributed by atoms with Gasteiger partial charge in [0.05, 0.1) is 5.69 Å². The molecule has 120 valence electrons. The Morgan fingerprint density at radius 2 is 1.92 bits per heavy atom. The van der Waals surface area contributed by atoms with Crippen LogP contribution in [-0.2, 0) is 5.75 Å². The lowest BCUT2D eigenvalue weighted by molar-refractivity contribution is 0.617. The second-order valence-corrected chi connectivity index (χ2v) is 7.26. The molecular weight excluding hydrogens is 365 g/mol. The molecule has 0 saturated heterocycles. The summed E-state index contributed by atoms with van der Waals surface area (Å²) in [4.78, 5) is 0.816. The van der Waals surface area contributed by atoms with Gasteiger partial charge in [0, 0.05) is 21.7 Å². The molecule has 0 fully saturated rings. The van der Waals surface area contributed by atoms with Crippen molar-refractivity contribution in [2.75, 3.05) is 0 Å². The third-order valence-electron chi connectivity index (χ3n) is 3.60. The van der Waals surface area contributed by atoms with E-state index in [1.54, 1.807) is 12.1 Å². The summed E-state index contributed by atoms with van der Waals surface area (Å²) in [5.41, 5.74) is 2.61. The molecule has 0 amide bonds. The maximum absolute atomic E-state index is 13.9. The van der Waals surface area contributed by atoms with E-state index in [2.05, 4.69) is 15.6 Å². The van der Waals surface area contributed by atoms with Crippen molar-refractivity contribution in [1.29, 1.82) is 0 Å². The Balaban J connectivity index is 1.69. The van der Waals surface area contributed by atoms with Crippen molar-refractivity contribution in [3.63, 3.8) is 0 Å². The van der Waals surface area contributed by atoms with Gasteiger partial charge < -0.3 is 0 Å². The lowest BCUT2D eigenvalue weighted by atomic mass is 10.2. The summed E-state index contributed by atoms with van der Waals surface area (Å²) in [6.07, 6.45) is 0. The van der Waals surface area contributed by atoms with E-state index in [1.165, 1.54) is 29.2 Å². The summed E-state index contributed by atoms with van der Waals surface area (Å²) < 4.78 is 15.9. The first-order valence-corrected chi connectivity index (χ1v) is 9.42. The first-order valence-electron chi connectivity index (χ1n) is 7.18. The van der Waals surface area contributed by atoms with Crippen molar-refractivity contribution in [3.05, 3.63) is 70.3 Å². The minimum atomic E-state index is -0.302. The fraction of sp³-hybridized carbons (Fsp3) is 0.0588. The molecule has 0 atom stereocenters. The summed E-state index contributed by atoms with van der Waals surface area (Å²) in [6, 6.07) is 14.8. The minimum Gasteiger partial charge on any atom is -0.260 e. The van der Waals surface area contributed by atoms with E-state index in [-0.39, 0.29) is 5.82 Å². The normalized spacial score (nSPS) is 11.2. The number of nitrogens with zero attached hydrogens (tertiary/aromatic N) is 3. The maximum Gasteiger partial charge on any atom is 0.217 e. The molecule has 0 saturated carbocycles. The van der Waals surface area contributed by atoms with Gasteiger partial charge in [-0.25, -0.2) is 4.39 Å². The SMILES string of the molecule is Fc1cccc(Cl)c1CSc1nnc2scc(-c3ccccc3)n12. The van der Waals surface area contributed by atoms with Crippen LogP contribution in [-0.4, -0.2) is 14.6 Å². The van der Waals surface area contributed by atoms with Crippen LogP contribution >= 0.6 is 34.7 Å². The molecule has 0 spiro atoms. The lowest BCUT2D eigenvalue weighted by Crippen LogP contribution is -1.92. The van der Waals surface area contributed by atoms with Crippen LogP contribution in [0.25, 0.3) is 16.2 Å².